The molecule has 3 heterocycles. The minimum Gasteiger partial charge on any atom is -0.311 e. The number of hydrogen-bond acceptors (Lipinski definition) is 2. The third-order valence-electron chi connectivity index (χ3n) is 13.7. The van der Waals surface area contributed by atoms with Crippen LogP contribution in [0.2, 0.25) is 0 Å². The van der Waals surface area contributed by atoms with E-state index in [1.807, 2.05) is 0 Å². The van der Waals surface area contributed by atoms with Gasteiger partial charge in [0.1, 0.15) is 7.05 Å². The summed E-state index contributed by atoms with van der Waals surface area (Å²) in [5.41, 5.74) is 22.8. The van der Waals surface area contributed by atoms with Crippen molar-refractivity contribution in [3.05, 3.63) is 167 Å². The molecular formula is C59H65BN3+. The molecule has 0 radical (unpaired) electrons. The topological polar surface area (TPSA) is 10.4 Å². The number of hydrogen-bond donors (Lipinski definition) is 0. The van der Waals surface area contributed by atoms with E-state index >= 15 is 0 Å². The van der Waals surface area contributed by atoms with E-state index in [1.54, 1.807) is 0 Å². The maximum absolute atomic E-state index is 2.57. The Morgan fingerprint density at radius 1 is 0.429 bits per heavy atom. The summed E-state index contributed by atoms with van der Waals surface area (Å²) in [5.74, 6) is 0. The first-order valence-electron chi connectivity index (χ1n) is 22.9. The molecule has 0 saturated heterocycles. The minimum absolute atomic E-state index is 0.0185. The molecule has 1 aromatic heterocycles. The van der Waals surface area contributed by atoms with E-state index in [1.165, 1.54) is 101 Å². The van der Waals surface area contributed by atoms with Gasteiger partial charge in [-0.3, -0.25) is 0 Å². The highest BCUT2D eigenvalue weighted by Crippen LogP contribution is 2.47. The fourth-order valence-corrected chi connectivity index (χ4v) is 9.76. The van der Waals surface area contributed by atoms with Crippen molar-refractivity contribution in [3.8, 4) is 22.4 Å². The highest BCUT2D eigenvalue weighted by atomic mass is 15.2. The normalized spacial score (nSPS) is 13.8. The van der Waals surface area contributed by atoms with Gasteiger partial charge < -0.3 is 9.80 Å². The van der Waals surface area contributed by atoms with E-state index in [-0.39, 0.29) is 28.4 Å². The summed E-state index contributed by atoms with van der Waals surface area (Å²) in [4.78, 5) is 5.13. The van der Waals surface area contributed by atoms with E-state index < -0.39 is 0 Å². The zero-order valence-corrected chi connectivity index (χ0v) is 40.2. The molecule has 0 spiro atoms. The third-order valence-corrected chi connectivity index (χ3v) is 13.7. The lowest BCUT2D eigenvalue weighted by Gasteiger charge is -2.45. The molecule has 3 nitrogen and oxygen atoms in total. The summed E-state index contributed by atoms with van der Waals surface area (Å²) < 4.78 is 2.25. The highest BCUT2D eigenvalue weighted by molar-refractivity contribution is 7.00. The van der Waals surface area contributed by atoms with Crippen molar-refractivity contribution < 1.29 is 4.57 Å². The number of aryl methyl sites for hydroxylation is 2. The molecule has 0 N–H and O–H groups in total. The lowest BCUT2D eigenvalue weighted by molar-refractivity contribution is -0.660. The average Bonchev–Trinajstić information content (AvgIpc) is 3.22. The fourth-order valence-electron chi connectivity index (χ4n) is 9.76. The van der Waals surface area contributed by atoms with Gasteiger partial charge in [0, 0.05) is 51.8 Å². The van der Waals surface area contributed by atoms with E-state index in [0.29, 0.717) is 0 Å². The van der Waals surface area contributed by atoms with Crippen LogP contribution in [-0.2, 0) is 28.7 Å². The molecule has 4 heteroatoms. The van der Waals surface area contributed by atoms with Crippen LogP contribution in [0, 0.1) is 6.92 Å². The summed E-state index contributed by atoms with van der Waals surface area (Å²) in [6, 6.07) is 51.7. The van der Waals surface area contributed by atoms with Gasteiger partial charge in [0.25, 0.3) is 6.71 Å². The van der Waals surface area contributed by atoms with Gasteiger partial charge in [-0.15, -0.1) is 0 Å². The summed E-state index contributed by atoms with van der Waals surface area (Å²) in [5, 5.41) is 0. The Morgan fingerprint density at radius 3 is 1.29 bits per heavy atom. The number of benzene rings is 6. The predicted molar refractivity (Wildman–Crippen MR) is 272 cm³/mol. The molecule has 0 bridgehead atoms. The number of rotatable bonds is 4. The number of fused-ring (bicyclic) bond motifs is 4. The molecule has 0 fully saturated rings. The van der Waals surface area contributed by atoms with Gasteiger partial charge in [0.05, 0.1) is 0 Å². The Bertz CT molecular complexity index is 2740. The van der Waals surface area contributed by atoms with Gasteiger partial charge in [-0.2, -0.15) is 0 Å². The number of nitrogens with zero attached hydrogens (tertiary/aromatic N) is 3. The summed E-state index contributed by atoms with van der Waals surface area (Å²) in [7, 11) is 2.16. The average molecular weight is 827 g/mol. The standard InChI is InChI=1S/C59H65BN3/c1-38-17-15-16-18-47(38)52-33-39(31-32-61(52)14)40-34-53-55-54(35-40)63(46-27-21-42(22-28-46)57(5,6)7)51-30-24-44(59(11,12)13)37-49(51)60(55)48-36-43(58(8,9)10)23-29-50(48)62(53)45-25-19-41(20-26-45)56(2,3)4/h15-37H,1-14H3/q+1. The molecule has 9 rings (SSSR count). The first kappa shape index (κ1) is 42.4. The van der Waals surface area contributed by atoms with Crippen molar-refractivity contribution in [2.45, 2.75) is 112 Å². The van der Waals surface area contributed by atoms with Crippen LogP contribution in [0.4, 0.5) is 34.1 Å². The Hall–Kier alpha value is -5.87. The molecule has 0 saturated carbocycles. The van der Waals surface area contributed by atoms with Gasteiger partial charge in [0.2, 0.25) is 5.69 Å². The second-order valence-electron chi connectivity index (χ2n) is 22.4. The highest BCUT2D eigenvalue weighted by Gasteiger charge is 2.44. The molecule has 0 aliphatic carbocycles. The van der Waals surface area contributed by atoms with Crippen LogP contribution in [0.25, 0.3) is 22.4 Å². The van der Waals surface area contributed by atoms with Gasteiger partial charge >= 0.3 is 0 Å². The molecule has 0 amide bonds. The zero-order chi connectivity index (χ0) is 45.0. The van der Waals surface area contributed by atoms with Crippen LogP contribution in [0.3, 0.4) is 0 Å². The van der Waals surface area contributed by atoms with E-state index in [0.717, 1.165) is 0 Å². The molecule has 6 aromatic carbocycles. The lowest BCUT2D eigenvalue weighted by Crippen LogP contribution is -2.61. The summed E-state index contributed by atoms with van der Waals surface area (Å²) >= 11 is 0. The number of pyridine rings is 1. The molecule has 2 aliphatic heterocycles. The summed E-state index contributed by atoms with van der Waals surface area (Å²) in [6.45, 7) is 30.1. The van der Waals surface area contributed by atoms with E-state index in [4.69, 9.17) is 0 Å². The van der Waals surface area contributed by atoms with Crippen molar-refractivity contribution in [2.75, 3.05) is 9.80 Å². The quantitative estimate of drug-likeness (QED) is 0.129. The third kappa shape index (κ3) is 7.50. The first-order valence-corrected chi connectivity index (χ1v) is 22.9. The first-order chi connectivity index (χ1) is 29.6. The maximum atomic E-state index is 2.57. The predicted octanol–water partition coefficient (Wildman–Crippen LogP) is 13.4. The number of anilines is 6. The molecule has 63 heavy (non-hydrogen) atoms. The van der Waals surface area contributed by atoms with Crippen LogP contribution in [-0.4, -0.2) is 6.71 Å². The van der Waals surface area contributed by atoms with Gasteiger partial charge in [-0.25, -0.2) is 4.57 Å². The van der Waals surface area contributed by atoms with Crippen molar-refractivity contribution in [3.63, 3.8) is 0 Å². The Labute approximate surface area is 378 Å². The number of aromatic nitrogens is 1. The molecule has 7 aromatic rings. The van der Waals surface area contributed by atoms with Crippen LogP contribution in [0.5, 0.6) is 0 Å². The van der Waals surface area contributed by atoms with E-state index in [2.05, 4.69) is 251 Å². The smallest absolute Gasteiger partial charge is 0.252 e. The van der Waals surface area contributed by atoms with Crippen molar-refractivity contribution in [2.24, 2.45) is 7.05 Å². The van der Waals surface area contributed by atoms with Crippen LogP contribution in [0.1, 0.15) is 111 Å². The SMILES string of the molecule is Cc1ccccc1-c1cc(-c2cc3c4c(c2)N(c2ccc(C(C)(C)C)cc2)c2ccc(C(C)(C)C)cc2B4c2cc(C(C)(C)C)ccc2N3c2ccc(C(C)(C)C)cc2)cc[n+]1C. The largest absolute Gasteiger partial charge is 0.311 e. The van der Waals surface area contributed by atoms with Crippen molar-refractivity contribution in [1.29, 1.82) is 0 Å². The van der Waals surface area contributed by atoms with Crippen LogP contribution < -0.4 is 30.8 Å². The fraction of sp³-hybridized carbons (Fsp3) is 0.305. The second-order valence-corrected chi connectivity index (χ2v) is 22.4. The lowest BCUT2D eigenvalue weighted by atomic mass is 9.33. The molecule has 2 aliphatic rings. The minimum atomic E-state index is -0.0228. The van der Waals surface area contributed by atoms with Crippen molar-refractivity contribution in [1.82, 2.24) is 0 Å². The molecule has 0 atom stereocenters. The van der Waals surface area contributed by atoms with Crippen LogP contribution >= 0.6 is 0 Å². The Balaban J connectivity index is 1.40. The van der Waals surface area contributed by atoms with Gasteiger partial charge in [0.15, 0.2) is 6.20 Å². The molecule has 0 unspecified atom stereocenters. The second kappa shape index (κ2) is 14.9. The maximum Gasteiger partial charge on any atom is 0.252 e. The Morgan fingerprint density at radius 2 is 0.857 bits per heavy atom. The summed E-state index contributed by atoms with van der Waals surface area (Å²) in [6.07, 6.45) is 2.23. The molecular weight excluding hydrogens is 761 g/mol. The van der Waals surface area contributed by atoms with Gasteiger partial charge in [-0.1, -0.05) is 150 Å². The monoisotopic (exact) mass is 827 g/mol. The molecule has 318 valence electrons. The Kier molecular flexibility index (Phi) is 10.0. The van der Waals surface area contributed by atoms with Crippen molar-refractivity contribution >= 4 is 57.2 Å². The van der Waals surface area contributed by atoms with E-state index in [9.17, 15) is 0 Å². The van der Waals surface area contributed by atoms with Crippen LogP contribution in [0.15, 0.2) is 140 Å². The van der Waals surface area contributed by atoms with Gasteiger partial charge in [-0.05, 0) is 139 Å². The zero-order valence-electron chi connectivity index (χ0n) is 40.2.